The van der Waals surface area contributed by atoms with Gasteiger partial charge in [0, 0.05) is 24.0 Å². The lowest BCUT2D eigenvalue weighted by atomic mass is 10.2. The van der Waals surface area contributed by atoms with E-state index in [0.29, 0.717) is 0 Å². The molecular weight excluding hydrogens is 380 g/mol. The van der Waals surface area contributed by atoms with Gasteiger partial charge in [0.25, 0.3) is 0 Å². The first kappa shape index (κ1) is 17.3. The lowest BCUT2D eigenvalue weighted by Gasteiger charge is -2.14. The van der Waals surface area contributed by atoms with E-state index in [1.165, 1.54) is 0 Å². The molecule has 0 aliphatic heterocycles. The Morgan fingerprint density at radius 3 is 2.44 bits per heavy atom. The Hall–Kier alpha value is -2.53. The third-order valence-electron chi connectivity index (χ3n) is 3.93. The molecule has 0 aliphatic rings. The minimum atomic E-state index is -0.0874. The predicted octanol–water partition coefficient (Wildman–Crippen LogP) is 5.11. The van der Waals surface area contributed by atoms with E-state index in [0.717, 1.165) is 32.4 Å². The van der Waals surface area contributed by atoms with Gasteiger partial charge in [-0.3, -0.25) is 4.57 Å². The summed E-state index contributed by atoms with van der Waals surface area (Å²) in [6.07, 6.45) is 3.95. The number of aromatic nitrogens is 1. The smallest absolute Gasteiger partial charge is 0.328 e. The van der Waals surface area contributed by atoms with Crippen molar-refractivity contribution < 1.29 is 9.53 Å². The van der Waals surface area contributed by atoms with Crippen molar-refractivity contribution >= 4 is 45.0 Å². The monoisotopic (exact) mass is 398 g/mol. The Kier molecular flexibility index (Phi) is 4.95. The second-order valence-electron chi connectivity index (χ2n) is 5.89. The summed E-state index contributed by atoms with van der Waals surface area (Å²) in [5.41, 5.74) is 2.75. The zero-order valence-corrected chi connectivity index (χ0v) is 15.9. The molecule has 0 saturated heterocycles. The van der Waals surface area contributed by atoms with E-state index in [1.807, 2.05) is 60.7 Å². The van der Waals surface area contributed by atoms with Crippen LogP contribution < -0.4 is 4.74 Å². The van der Waals surface area contributed by atoms with E-state index in [-0.39, 0.29) is 6.03 Å². The Morgan fingerprint density at radius 2 is 1.80 bits per heavy atom. The van der Waals surface area contributed by atoms with E-state index in [9.17, 15) is 4.79 Å². The largest absolute Gasteiger partial charge is 0.497 e. The zero-order valence-electron chi connectivity index (χ0n) is 14.4. The van der Waals surface area contributed by atoms with Gasteiger partial charge in [-0.25, -0.2) is 4.79 Å². The van der Waals surface area contributed by atoms with Crippen LogP contribution >= 0.6 is 15.9 Å². The Balaban J connectivity index is 2.10. The zero-order chi connectivity index (χ0) is 18.0. The SMILES string of the molecule is COc1ccc2c(c1)cc(/C=C/c1ccc(Br)cc1)n2C(=O)N(C)C. The number of ether oxygens (including phenoxy) is 1. The molecule has 2 aromatic carbocycles. The molecule has 25 heavy (non-hydrogen) atoms. The summed E-state index contributed by atoms with van der Waals surface area (Å²) >= 11 is 3.43. The maximum atomic E-state index is 12.7. The molecule has 1 amide bonds. The molecule has 0 N–H and O–H groups in total. The summed E-state index contributed by atoms with van der Waals surface area (Å²) in [5.74, 6) is 0.769. The van der Waals surface area contributed by atoms with Crippen LogP contribution in [0.1, 0.15) is 11.3 Å². The fourth-order valence-electron chi connectivity index (χ4n) is 2.63. The van der Waals surface area contributed by atoms with E-state index in [1.54, 1.807) is 30.7 Å². The molecule has 0 spiro atoms. The first-order chi connectivity index (χ1) is 12.0. The van der Waals surface area contributed by atoms with Crippen molar-refractivity contribution in [1.29, 1.82) is 0 Å². The summed E-state index contributed by atoms with van der Waals surface area (Å²) in [7, 11) is 5.14. The summed E-state index contributed by atoms with van der Waals surface area (Å²) in [4.78, 5) is 14.2. The van der Waals surface area contributed by atoms with Gasteiger partial charge in [0.05, 0.1) is 18.3 Å². The second kappa shape index (κ2) is 7.15. The van der Waals surface area contributed by atoms with Gasteiger partial charge in [0.1, 0.15) is 5.75 Å². The van der Waals surface area contributed by atoms with Crippen LogP contribution in [0.15, 0.2) is 53.0 Å². The molecule has 0 aliphatic carbocycles. The molecule has 0 fully saturated rings. The Labute approximate surface area is 155 Å². The highest BCUT2D eigenvalue weighted by Gasteiger charge is 2.15. The highest BCUT2D eigenvalue weighted by molar-refractivity contribution is 9.10. The van der Waals surface area contributed by atoms with E-state index < -0.39 is 0 Å². The van der Waals surface area contributed by atoms with Crippen LogP contribution in [0.25, 0.3) is 23.1 Å². The van der Waals surface area contributed by atoms with Crippen molar-refractivity contribution in [2.24, 2.45) is 0 Å². The van der Waals surface area contributed by atoms with Crippen molar-refractivity contribution in [3.8, 4) is 5.75 Å². The number of fused-ring (bicyclic) bond motifs is 1. The number of methoxy groups -OCH3 is 1. The minimum absolute atomic E-state index is 0.0874. The third-order valence-corrected chi connectivity index (χ3v) is 4.46. The fourth-order valence-corrected chi connectivity index (χ4v) is 2.90. The van der Waals surface area contributed by atoms with Crippen molar-refractivity contribution in [2.45, 2.75) is 0 Å². The van der Waals surface area contributed by atoms with Crippen LogP contribution in [0.4, 0.5) is 4.79 Å². The number of benzene rings is 2. The molecule has 128 valence electrons. The molecule has 0 unspecified atom stereocenters. The van der Waals surface area contributed by atoms with E-state index >= 15 is 0 Å². The molecule has 0 bridgehead atoms. The predicted molar refractivity (Wildman–Crippen MR) is 106 cm³/mol. The number of hydrogen-bond donors (Lipinski definition) is 0. The molecule has 3 rings (SSSR count). The summed E-state index contributed by atoms with van der Waals surface area (Å²) < 4.78 is 8.04. The highest BCUT2D eigenvalue weighted by Crippen LogP contribution is 2.26. The third kappa shape index (κ3) is 3.61. The average Bonchev–Trinajstić information content (AvgIpc) is 2.97. The number of nitrogens with zero attached hydrogens (tertiary/aromatic N) is 2. The maximum absolute atomic E-state index is 12.7. The molecular formula is C20H19BrN2O2. The van der Waals surface area contributed by atoms with Crippen LogP contribution in [0, 0.1) is 0 Å². The first-order valence-electron chi connectivity index (χ1n) is 7.84. The summed E-state index contributed by atoms with van der Waals surface area (Å²) in [5, 5.41) is 0.963. The fraction of sp³-hybridized carbons (Fsp3) is 0.150. The molecule has 3 aromatic rings. The van der Waals surface area contributed by atoms with Gasteiger partial charge in [-0.2, -0.15) is 0 Å². The van der Waals surface area contributed by atoms with Gasteiger partial charge < -0.3 is 9.64 Å². The van der Waals surface area contributed by atoms with Crippen molar-refractivity contribution in [1.82, 2.24) is 9.47 Å². The van der Waals surface area contributed by atoms with Gasteiger partial charge in [0.2, 0.25) is 0 Å². The van der Waals surface area contributed by atoms with Crippen molar-refractivity contribution in [3.05, 3.63) is 64.3 Å². The van der Waals surface area contributed by atoms with E-state index in [2.05, 4.69) is 15.9 Å². The Bertz CT molecular complexity index is 940. The van der Waals surface area contributed by atoms with Gasteiger partial charge in [0.15, 0.2) is 0 Å². The molecule has 0 atom stereocenters. The van der Waals surface area contributed by atoms with Crippen molar-refractivity contribution in [3.63, 3.8) is 0 Å². The molecule has 1 heterocycles. The quantitative estimate of drug-likeness (QED) is 0.613. The average molecular weight is 399 g/mol. The van der Waals surface area contributed by atoms with Crippen LogP contribution in [0.5, 0.6) is 5.75 Å². The molecule has 1 aromatic heterocycles. The lowest BCUT2D eigenvalue weighted by molar-refractivity contribution is 0.220. The Morgan fingerprint density at radius 1 is 1.08 bits per heavy atom. The number of rotatable bonds is 3. The molecule has 0 saturated carbocycles. The summed E-state index contributed by atoms with van der Waals surface area (Å²) in [6.45, 7) is 0. The van der Waals surface area contributed by atoms with Gasteiger partial charge in [-0.05, 0) is 48.0 Å². The number of amides is 1. The van der Waals surface area contributed by atoms with E-state index in [4.69, 9.17) is 4.74 Å². The topological polar surface area (TPSA) is 34.5 Å². The highest BCUT2D eigenvalue weighted by atomic mass is 79.9. The molecule has 0 radical (unpaired) electrons. The lowest BCUT2D eigenvalue weighted by Crippen LogP contribution is -2.27. The molecule has 4 nitrogen and oxygen atoms in total. The van der Waals surface area contributed by atoms with Gasteiger partial charge in [-0.1, -0.05) is 34.1 Å². The van der Waals surface area contributed by atoms with Crippen molar-refractivity contribution in [2.75, 3.05) is 21.2 Å². The normalized spacial score (nSPS) is 11.2. The van der Waals surface area contributed by atoms with Crippen LogP contribution in [-0.2, 0) is 0 Å². The van der Waals surface area contributed by atoms with Gasteiger partial charge >= 0.3 is 6.03 Å². The standard InChI is InChI=1S/C20H19BrN2O2/c1-22(2)20(24)23-17(9-6-14-4-7-16(21)8-5-14)12-15-13-18(25-3)10-11-19(15)23/h4-13H,1-3H3/b9-6+. The van der Waals surface area contributed by atoms with Crippen LogP contribution in [0.2, 0.25) is 0 Å². The van der Waals surface area contributed by atoms with Gasteiger partial charge in [-0.15, -0.1) is 0 Å². The minimum Gasteiger partial charge on any atom is -0.497 e. The number of carbonyl (C=O) groups excluding carboxylic acids is 1. The first-order valence-corrected chi connectivity index (χ1v) is 8.63. The van der Waals surface area contributed by atoms with Crippen LogP contribution in [0.3, 0.4) is 0 Å². The maximum Gasteiger partial charge on any atom is 0.328 e. The number of hydrogen-bond acceptors (Lipinski definition) is 2. The summed E-state index contributed by atoms with van der Waals surface area (Å²) in [6, 6.07) is 15.6. The number of halogens is 1. The number of carbonyl (C=O) groups is 1. The van der Waals surface area contributed by atoms with Crippen LogP contribution in [-0.4, -0.2) is 36.7 Å². The second-order valence-corrected chi connectivity index (χ2v) is 6.81. The molecule has 5 heteroatoms.